The molecule has 5 N–H and O–H groups in total. The number of benzene rings is 1. The first-order chi connectivity index (χ1) is 14.3. The van der Waals surface area contributed by atoms with Crippen LogP contribution in [0.5, 0.6) is 0 Å². The van der Waals surface area contributed by atoms with Gasteiger partial charge in [0.1, 0.15) is 21.6 Å². The number of nitrogens with zero attached hydrogens (tertiary/aromatic N) is 3. The second-order valence-electron chi connectivity index (χ2n) is 7.47. The molecule has 0 radical (unpaired) electrons. The third-order valence-electron chi connectivity index (χ3n) is 5.38. The van der Waals surface area contributed by atoms with Crippen molar-refractivity contribution in [1.82, 2.24) is 14.8 Å². The molecule has 0 spiro atoms. The summed E-state index contributed by atoms with van der Waals surface area (Å²) in [4.78, 5) is 17.0. The van der Waals surface area contributed by atoms with Gasteiger partial charge >= 0.3 is 0 Å². The van der Waals surface area contributed by atoms with Crippen molar-refractivity contribution in [3.63, 3.8) is 0 Å². The summed E-state index contributed by atoms with van der Waals surface area (Å²) in [5, 5.41) is 7.17. The van der Waals surface area contributed by atoms with E-state index in [1.165, 1.54) is 6.07 Å². The summed E-state index contributed by atoms with van der Waals surface area (Å²) < 4.78 is 29.9. The van der Waals surface area contributed by atoms with E-state index in [-0.39, 0.29) is 33.2 Å². The second-order valence-corrected chi connectivity index (χ2v) is 8.50. The topological polar surface area (TPSA) is 112 Å². The molecule has 1 saturated carbocycles. The van der Waals surface area contributed by atoms with Crippen LogP contribution in [0.2, 0.25) is 0 Å². The van der Waals surface area contributed by atoms with Crippen molar-refractivity contribution in [2.45, 2.75) is 37.6 Å². The van der Waals surface area contributed by atoms with E-state index >= 15 is 0 Å². The van der Waals surface area contributed by atoms with Gasteiger partial charge in [-0.1, -0.05) is 23.8 Å². The van der Waals surface area contributed by atoms with Gasteiger partial charge in [-0.05, 0) is 31.4 Å². The van der Waals surface area contributed by atoms with Crippen LogP contribution in [0.15, 0.2) is 24.4 Å². The molecule has 4 rings (SSSR count). The largest absolute Gasteiger partial charge is 0.389 e. The Balaban J connectivity index is 1.61. The molecule has 1 aliphatic rings. The number of carbonyl (C=O) groups is 1. The number of carbonyl (C=O) groups excluding carboxylic acids is 1. The second kappa shape index (κ2) is 8.11. The molecule has 7 nitrogen and oxygen atoms in total. The lowest BCUT2D eigenvalue weighted by Crippen LogP contribution is -2.28. The molecular formula is C20H22F2N6OS. The fourth-order valence-corrected chi connectivity index (χ4v) is 4.87. The average molecular weight is 433 g/mol. The van der Waals surface area contributed by atoms with Crippen molar-refractivity contribution in [1.29, 1.82) is 0 Å². The lowest BCUT2D eigenvalue weighted by molar-refractivity contribution is 0.102. The Bertz CT molecular complexity index is 1070. The average Bonchev–Trinajstić information content (AvgIpc) is 3.24. The molecule has 2 aromatic heterocycles. The van der Waals surface area contributed by atoms with Crippen molar-refractivity contribution in [3.05, 3.63) is 47.4 Å². The summed E-state index contributed by atoms with van der Waals surface area (Å²) in [5.74, 6) is -1.90. The van der Waals surface area contributed by atoms with Crippen LogP contribution >= 0.6 is 11.3 Å². The third-order valence-corrected chi connectivity index (χ3v) is 6.28. The summed E-state index contributed by atoms with van der Waals surface area (Å²) in [5.41, 5.74) is 13.2. The SMILES string of the molecule is Cn1ncc(NC(=O)c2nc(-c3c(F)cccc3F)sc2N)c1[C@H]1CCC[C@H](N)C1. The summed E-state index contributed by atoms with van der Waals surface area (Å²) in [6.07, 6.45) is 5.36. The van der Waals surface area contributed by atoms with Crippen molar-refractivity contribution in [3.8, 4) is 10.6 Å². The number of nitrogen functional groups attached to an aromatic ring is 1. The molecule has 0 aliphatic heterocycles. The Hall–Kier alpha value is -2.85. The zero-order chi connectivity index (χ0) is 21.4. The monoisotopic (exact) mass is 432 g/mol. The highest BCUT2D eigenvalue weighted by atomic mass is 32.1. The first-order valence-electron chi connectivity index (χ1n) is 9.64. The predicted octanol–water partition coefficient (Wildman–Crippen LogP) is 3.64. The van der Waals surface area contributed by atoms with Crippen LogP contribution in [-0.2, 0) is 7.05 Å². The molecule has 2 atom stereocenters. The van der Waals surface area contributed by atoms with E-state index < -0.39 is 17.5 Å². The highest BCUT2D eigenvalue weighted by Gasteiger charge is 2.28. The fraction of sp³-hybridized carbons (Fsp3) is 0.350. The third kappa shape index (κ3) is 3.80. The number of nitrogens with two attached hydrogens (primary N) is 2. The number of thiazole rings is 1. The van der Waals surface area contributed by atoms with Gasteiger partial charge in [-0.15, -0.1) is 0 Å². The van der Waals surface area contributed by atoms with E-state index in [1.54, 1.807) is 10.9 Å². The van der Waals surface area contributed by atoms with Gasteiger partial charge in [0, 0.05) is 19.0 Å². The van der Waals surface area contributed by atoms with Crippen LogP contribution in [0.25, 0.3) is 10.6 Å². The highest BCUT2D eigenvalue weighted by Crippen LogP contribution is 2.37. The van der Waals surface area contributed by atoms with Gasteiger partial charge in [0.2, 0.25) is 0 Å². The van der Waals surface area contributed by atoms with Gasteiger partial charge in [-0.3, -0.25) is 9.48 Å². The number of rotatable bonds is 4. The van der Waals surface area contributed by atoms with E-state index in [2.05, 4.69) is 15.4 Å². The minimum atomic E-state index is -0.765. The number of aromatic nitrogens is 3. The number of halogens is 2. The maximum atomic E-state index is 14.1. The van der Waals surface area contributed by atoms with Crippen LogP contribution < -0.4 is 16.8 Å². The lowest BCUT2D eigenvalue weighted by Gasteiger charge is -2.27. The zero-order valence-corrected chi connectivity index (χ0v) is 17.2. The smallest absolute Gasteiger partial charge is 0.277 e. The molecule has 0 bridgehead atoms. The Morgan fingerprint density at radius 1 is 1.30 bits per heavy atom. The molecule has 1 fully saturated rings. The Morgan fingerprint density at radius 2 is 2.03 bits per heavy atom. The van der Waals surface area contributed by atoms with Gasteiger partial charge in [0.15, 0.2) is 5.69 Å². The fourth-order valence-electron chi connectivity index (χ4n) is 3.99. The number of amides is 1. The molecule has 2 heterocycles. The van der Waals surface area contributed by atoms with Crippen LogP contribution in [0.3, 0.4) is 0 Å². The van der Waals surface area contributed by atoms with Crippen LogP contribution in [0.4, 0.5) is 19.5 Å². The summed E-state index contributed by atoms with van der Waals surface area (Å²) in [6.45, 7) is 0. The molecule has 1 aromatic carbocycles. The molecule has 10 heteroatoms. The van der Waals surface area contributed by atoms with Gasteiger partial charge in [-0.2, -0.15) is 5.10 Å². The quantitative estimate of drug-likeness (QED) is 0.583. The maximum Gasteiger partial charge on any atom is 0.277 e. The van der Waals surface area contributed by atoms with E-state index in [4.69, 9.17) is 11.5 Å². The van der Waals surface area contributed by atoms with Gasteiger partial charge < -0.3 is 16.8 Å². The minimum Gasteiger partial charge on any atom is -0.389 e. The molecule has 0 saturated heterocycles. The molecular weight excluding hydrogens is 410 g/mol. The molecule has 158 valence electrons. The number of hydrogen-bond acceptors (Lipinski definition) is 6. The molecule has 3 aromatic rings. The zero-order valence-electron chi connectivity index (χ0n) is 16.4. The van der Waals surface area contributed by atoms with Crippen molar-refractivity contribution in [2.75, 3.05) is 11.1 Å². The Morgan fingerprint density at radius 3 is 2.73 bits per heavy atom. The molecule has 30 heavy (non-hydrogen) atoms. The minimum absolute atomic E-state index is 0.0120. The molecule has 1 amide bonds. The summed E-state index contributed by atoms with van der Waals surface area (Å²) in [6, 6.07) is 3.65. The van der Waals surface area contributed by atoms with Gasteiger partial charge in [-0.25, -0.2) is 13.8 Å². The van der Waals surface area contributed by atoms with E-state index in [0.717, 1.165) is 54.8 Å². The highest BCUT2D eigenvalue weighted by molar-refractivity contribution is 7.19. The van der Waals surface area contributed by atoms with Crippen molar-refractivity contribution in [2.24, 2.45) is 12.8 Å². The first kappa shape index (κ1) is 20.4. The normalized spacial score (nSPS) is 19.1. The lowest BCUT2D eigenvalue weighted by atomic mass is 9.83. The summed E-state index contributed by atoms with van der Waals surface area (Å²) in [7, 11) is 1.82. The maximum absolute atomic E-state index is 14.1. The molecule has 1 aliphatic carbocycles. The number of nitrogens with one attached hydrogen (secondary N) is 1. The van der Waals surface area contributed by atoms with Crippen LogP contribution in [-0.4, -0.2) is 26.7 Å². The van der Waals surface area contributed by atoms with Crippen molar-refractivity contribution >= 4 is 27.9 Å². The Kier molecular flexibility index (Phi) is 5.52. The Labute approximate surface area is 176 Å². The number of anilines is 2. The summed E-state index contributed by atoms with van der Waals surface area (Å²) >= 11 is 0.861. The predicted molar refractivity (Wildman–Crippen MR) is 112 cm³/mol. The van der Waals surface area contributed by atoms with Crippen molar-refractivity contribution < 1.29 is 13.6 Å². The van der Waals surface area contributed by atoms with E-state index in [1.807, 2.05) is 7.05 Å². The number of hydrogen-bond donors (Lipinski definition) is 3. The molecule has 0 unspecified atom stereocenters. The first-order valence-corrected chi connectivity index (χ1v) is 10.5. The van der Waals surface area contributed by atoms with E-state index in [0.29, 0.717) is 5.69 Å². The van der Waals surface area contributed by atoms with E-state index in [9.17, 15) is 13.6 Å². The number of aryl methyl sites for hydroxylation is 1. The van der Waals surface area contributed by atoms with Gasteiger partial charge in [0.05, 0.1) is 23.1 Å². The van der Waals surface area contributed by atoms with Crippen LogP contribution in [0, 0.1) is 11.6 Å². The van der Waals surface area contributed by atoms with Crippen LogP contribution in [0.1, 0.15) is 47.8 Å². The standard InChI is InChI=1S/C20H22F2N6OS/c1-28-17(10-4-2-5-11(23)8-10)14(9-25-28)26-19(29)16-18(24)30-20(27-16)15-12(21)6-3-7-13(15)22/h3,6-7,9-11H,2,4-5,8,23-24H2,1H3,(H,26,29)/t10-,11-/m0/s1. The van der Waals surface area contributed by atoms with Gasteiger partial charge in [0.25, 0.3) is 5.91 Å².